The highest BCUT2D eigenvalue weighted by molar-refractivity contribution is 7.89. The third kappa shape index (κ3) is 4.08. The van der Waals surface area contributed by atoms with Gasteiger partial charge >= 0.3 is 0 Å². The van der Waals surface area contributed by atoms with Crippen molar-refractivity contribution in [3.05, 3.63) is 59.2 Å². The number of sulfonamides is 1. The lowest BCUT2D eigenvalue weighted by Crippen LogP contribution is -2.31. The highest BCUT2D eigenvalue weighted by Gasteiger charge is 2.24. The topological polar surface area (TPSA) is 66.5 Å². The maximum atomic E-state index is 13.7. The lowest BCUT2D eigenvalue weighted by atomic mass is 10.1. The Morgan fingerprint density at radius 2 is 1.73 bits per heavy atom. The Hall–Kier alpha value is -2.32. The van der Waals surface area contributed by atoms with Gasteiger partial charge in [-0.25, -0.2) is 17.2 Å². The number of carbonyl (C=O) groups excluding carboxylic acids is 1. The second kappa shape index (κ2) is 7.92. The second-order valence-electron chi connectivity index (χ2n) is 5.65. The molecule has 0 aromatic heterocycles. The summed E-state index contributed by atoms with van der Waals surface area (Å²) in [5.41, 5.74) is 0.237. The summed E-state index contributed by atoms with van der Waals surface area (Å²) >= 11 is 0. The number of halogens is 2. The zero-order valence-corrected chi connectivity index (χ0v) is 15.5. The maximum absolute atomic E-state index is 13.7. The summed E-state index contributed by atoms with van der Waals surface area (Å²) in [6, 6.07) is 6.92. The molecule has 0 fully saturated rings. The number of aryl methyl sites for hydroxylation is 1. The Labute approximate surface area is 151 Å². The fourth-order valence-corrected chi connectivity index (χ4v) is 4.24. The Balaban J connectivity index is 2.38. The molecule has 0 heterocycles. The zero-order valence-electron chi connectivity index (χ0n) is 14.7. The molecule has 26 heavy (non-hydrogen) atoms. The van der Waals surface area contributed by atoms with Gasteiger partial charge in [0.25, 0.3) is 5.91 Å². The van der Waals surface area contributed by atoms with Crippen LogP contribution in [0.5, 0.6) is 0 Å². The largest absolute Gasteiger partial charge is 0.322 e. The van der Waals surface area contributed by atoms with Crippen LogP contribution in [-0.2, 0) is 10.0 Å². The van der Waals surface area contributed by atoms with Gasteiger partial charge in [0.1, 0.15) is 11.6 Å². The number of hydrogen-bond acceptors (Lipinski definition) is 3. The number of nitrogens with zero attached hydrogens (tertiary/aromatic N) is 1. The quantitative estimate of drug-likeness (QED) is 0.831. The van der Waals surface area contributed by atoms with Crippen molar-refractivity contribution in [2.24, 2.45) is 0 Å². The molecule has 0 aliphatic heterocycles. The molecule has 140 valence electrons. The van der Waals surface area contributed by atoms with Crippen LogP contribution in [0.15, 0.2) is 41.3 Å². The van der Waals surface area contributed by atoms with E-state index in [1.807, 2.05) is 0 Å². The van der Waals surface area contributed by atoms with Crippen LogP contribution in [0.4, 0.5) is 14.5 Å². The average Bonchev–Trinajstić information content (AvgIpc) is 2.59. The molecule has 0 bridgehead atoms. The van der Waals surface area contributed by atoms with Gasteiger partial charge in [0.15, 0.2) is 0 Å². The highest BCUT2D eigenvalue weighted by atomic mass is 32.2. The Bertz CT molecular complexity index is 926. The van der Waals surface area contributed by atoms with E-state index in [0.29, 0.717) is 18.7 Å². The molecule has 0 aliphatic rings. The van der Waals surface area contributed by atoms with Crippen LogP contribution >= 0.6 is 0 Å². The van der Waals surface area contributed by atoms with Crippen molar-refractivity contribution < 1.29 is 22.0 Å². The summed E-state index contributed by atoms with van der Waals surface area (Å²) in [6.07, 6.45) is 0. The van der Waals surface area contributed by atoms with Crippen LogP contribution in [0.25, 0.3) is 0 Å². The Kier molecular flexibility index (Phi) is 6.09. The van der Waals surface area contributed by atoms with Gasteiger partial charge < -0.3 is 5.32 Å². The molecule has 8 heteroatoms. The molecular formula is C18H20F2N2O3S. The molecule has 1 amide bonds. The molecule has 2 rings (SSSR count). The predicted octanol–water partition coefficient (Wildman–Crippen LogP) is 3.56. The number of anilines is 1. The van der Waals surface area contributed by atoms with E-state index in [1.54, 1.807) is 26.8 Å². The molecule has 0 spiro atoms. The summed E-state index contributed by atoms with van der Waals surface area (Å²) in [5.74, 6) is -2.48. The predicted molar refractivity (Wildman–Crippen MR) is 95.6 cm³/mol. The molecule has 0 atom stereocenters. The minimum Gasteiger partial charge on any atom is -0.322 e. The SMILES string of the molecule is CCN(CC)S(=O)(=O)c1cc(NC(=O)c2cc(F)ccc2F)ccc1C. The second-order valence-corrected chi connectivity index (χ2v) is 7.55. The van der Waals surface area contributed by atoms with E-state index in [-0.39, 0.29) is 10.6 Å². The molecule has 0 aliphatic carbocycles. The fourth-order valence-electron chi connectivity index (χ4n) is 2.53. The van der Waals surface area contributed by atoms with E-state index in [9.17, 15) is 22.0 Å². The van der Waals surface area contributed by atoms with Gasteiger partial charge in [-0.3, -0.25) is 4.79 Å². The number of carbonyl (C=O) groups is 1. The fraction of sp³-hybridized carbons (Fsp3) is 0.278. The van der Waals surface area contributed by atoms with E-state index >= 15 is 0 Å². The van der Waals surface area contributed by atoms with Crippen LogP contribution < -0.4 is 5.32 Å². The molecule has 0 unspecified atom stereocenters. The summed E-state index contributed by atoms with van der Waals surface area (Å²) < 4.78 is 53.7. The van der Waals surface area contributed by atoms with Crippen LogP contribution in [-0.4, -0.2) is 31.7 Å². The first kappa shape index (κ1) is 20.0. The van der Waals surface area contributed by atoms with E-state index < -0.39 is 33.1 Å². The number of hydrogen-bond donors (Lipinski definition) is 1. The molecular weight excluding hydrogens is 362 g/mol. The number of amides is 1. The maximum Gasteiger partial charge on any atom is 0.258 e. The van der Waals surface area contributed by atoms with Crippen molar-refractivity contribution in [3.63, 3.8) is 0 Å². The van der Waals surface area contributed by atoms with E-state index in [0.717, 1.165) is 18.2 Å². The third-order valence-corrected chi connectivity index (χ3v) is 6.13. The molecule has 0 saturated heterocycles. The van der Waals surface area contributed by atoms with E-state index in [4.69, 9.17) is 0 Å². The monoisotopic (exact) mass is 382 g/mol. The van der Waals surface area contributed by atoms with Gasteiger partial charge in [0.2, 0.25) is 10.0 Å². The van der Waals surface area contributed by atoms with E-state index in [1.165, 1.54) is 16.4 Å². The van der Waals surface area contributed by atoms with Crippen molar-refractivity contribution in [2.45, 2.75) is 25.7 Å². The molecule has 1 N–H and O–H groups in total. The van der Waals surface area contributed by atoms with Gasteiger partial charge in [-0.15, -0.1) is 0 Å². The van der Waals surface area contributed by atoms with Crippen LogP contribution in [0.2, 0.25) is 0 Å². The van der Waals surface area contributed by atoms with Crippen molar-refractivity contribution >= 4 is 21.6 Å². The molecule has 2 aromatic carbocycles. The first-order valence-electron chi connectivity index (χ1n) is 8.07. The van der Waals surface area contributed by atoms with Crippen molar-refractivity contribution in [2.75, 3.05) is 18.4 Å². The number of nitrogens with one attached hydrogen (secondary N) is 1. The summed E-state index contributed by atoms with van der Waals surface area (Å²) in [4.78, 5) is 12.3. The van der Waals surface area contributed by atoms with Crippen LogP contribution in [0.3, 0.4) is 0 Å². The zero-order chi connectivity index (χ0) is 19.5. The Morgan fingerprint density at radius 3 is 2.35 bits per heavy atom. The number of rotatable bonds is 6. The minimum atomic E-state index is -3.72. The van der Waals surface area contributed by atoms with Crippen LogP contribution in [0.1, 0.15) is 29.8 Å². The molecule has 0 radical (unpaired) electrons. The average molecular weight is 382 g/mol. The van der Waals surface area contributed by atoms with Crippen molar-refractivity contribution in [3.8, 4) is 0 Å². The van der Waals surface area contributed by atoms with Crippen molar-refractivity contribution in [1.82, 2.24) is 4.31 Å². The van der Waals surface area contributed by atoms with Gasteiger partial charge in [-0.05, 0) is 42.8 Å². The summed E-state index contributed by atoms with van der Waals surface area (Å²) in [5, 5.41) is 2.41. The standard InChI is InChI=1S/C18H20F2N2O3S/c1-4-22(5-2)26(24,25)17-11-14(8-6-12(17)3)21-18(23)15-10-13(19)7-9-16(15)20/h6-11H,4-5H2,1-3H3,(H,21,23). The summed E-state index contributed by atoms with van der Waals surface area (Å²) in [6.45, 7) is 5.73. The normalized spacial score (nSPS) is 11.6. The van der Waals surface area contributed by atoms with Gasteiger partial charge in [-0.1, -0.05) is 19.9 Å². The molecule has 0 saturated carbocycles. The first-order valence-corrected chi connectivity index (χ1v) is 9.51. The van der Waals surface area contributed by atoms with Gasteiger partial charge in [0.05, 0.1) is 10.5 Å². The van der Waals surface area contributed by atoms with Crippen molar-refractivity contribution in [1.29, 1.82) is 0 Å². The Morgan fingerprint density at radius 1 is 1.08 bits per heavy atom. The minimum absolute atomic E-state index is 0.0544. The first-order chi connectivity index (χ1) is 12.2. The number of benzene rings is 2. The van der Waals surface area contributed by atoms with Gasteiger partial charge in [0, 0.05) is 18.8 Å². The van der Waals surface area contributed by atoms with Gasteiger partial charge in [-0.2, -0.15) is 4.31 Å². The smallest absolute Gasteiger partial charge is 0.258 e. The summed E-state index contributed by atoms with van der Waals surface area (Å²) in [7, 11) is -3.72. The van der Waals surface area contributed by atoms with Crippen LogP contribution in [0, 0.1) is 18.6 Å². The molecule has 5 nitrogen and oxygen atoms in total. The molecule has 2 aromatic rings. The van der Waals surface area contributed by atoms with E-state index in [2.05, 4.69) is 5.32 Å². The highest BCUT2D eigenvalue weighted by Crippen LogP contribution is 2.24. The third-order valence-electron chi connectivity index (χ3n) is 3.94. The lowest BCUT2D eigenvalue weighted by molar-refractivity contribution is 0.102. The lowest BCUT2D eigenvalue weighted by Gasteiger charge is -2.20.